The van der Waals surface area contributed by atoms with Gasteiger partial charge in [-0.15, -0.1) is 0 Å². The number of likely N-dealkylation sites (tertiary alicyclic amines) is 1. The summed E-state index contributed by atoms with van der Waals surface area (Å²) in [4.78, 5) is 14.7. The summed E-state index contributed by atoms with van der Waals surface area (Å²) in [5.74, 6) is -0.290. The van der Waals surface area contributed by atoms with E-state index in [1.807, 2.05) is 18.2 Å². The molecule has 0 aromatic heterocycles. The molecule has 1 atom stereocenters. The van der Waals surface area contributed by atoms with Crippen LogP contribution in [-0.4, -0.2) is 23.9 Å². The Morgan fingerprint density at radius 1 is 1.13 bits per heavy atom. The summed E-state index contributed by atoms with van der Waals surface area (Å²) in [5.41, 5.74) is 1.92. The second-order valence-corrected chi connectivity index (χ2v) is 6.06. The van der Waals surface area contributed by atoms with Crippen LogP contribution in [0.15, 0.2) is 54.6 Å². The van der Waals surface area contributed by atoms with Gasteiger partial charge < -0.3 is 5.32 Å². The van der Waals surface area contributed by atoms with E-state index in [1.165, 1.54) is 17.7 Å². The van der Waals surface area contributed by atoms with E-state index >= 15 is 0 Å². The van der Waals surface area contributed by atoms with Crippen molar-refractivity contribution in [2.45, 2.75) is 19.4 Å². The molecule has 0 radical (unpaired) electrons. The second kappa shape index (κ2) is 7.38. The number of piperidine rings is 1. The number of rotatable bonds is 4. The number of anilines is 1. The molecule has 0 aliphatic carbocycles. The highest BCUT2D eigenvalue weighted by atomic mass is 19.1. The van der Waals surface area contributed by atoms with Gasteiger partial charge in [0.1, 0.15) is 5.82 Å². The van der Waals surface area contributed by atoms with Gasteiger partial charge in [0.05, 0.1) is 5.92 Å². The Balaban J connectivity index is 1.57. The van der Waals surface area contributed by atoms with E-state index in [2.05, 4.69) is 22.3 Å². The number of carbonyl (C=O) groups is 1. The van der Waals surface area contributed by atoms with Crippen molar-refractivity contribution < 1.29 is 9.18 Å². The van der Waals surface area contributed by atoms with Crippen LogP contribution in [0.2, 0.25) is 0 Å². The topological polar surface area (TPSA) is 32.3 Å². The monoisotopic (exact) mass is 312 g/mol. The van der Waals surface area contributed by atoms with Gasteiger partial charge in [-0.05, 0) is 49.2 Å². The summed E-state index contributed by atoms with van der Waals surface area (Å²) in [6, 6.07) is 16.2. The third-order valence-corrected chi connectivity index (χ3v) is 4.24. The molecule has 0 unspecified atom stereocenters. The highest BCUT2D eigenvalue weighted by Crippen LogP contribution is 2.20. The van der Waals surface area contributed by atoms with Crippen molar-refractivity contribution in [3.8, 4) is 0 Å². The molecule has 120 valence electrons. The average molecular weight is 312 g/mol. The van der Waals surface area contributed by atoms with Crippen LogP contribution in [0.25, 0.3) is 0 Å². The van der Waals surface area contributed by atoms with E-state index < -0.39 is 0 Å². The summed E-state index contributed by atoms with van der Waals surface area (Å²) in [7, 11) is 0. The van der Waals surface area contributed by atoms with Gasteiger partial charge in [-0.2, -0.15) is 0 Å². The van der Waals surface area contributed by atoms with Gasteiger partial charge in [0.25, 0.3) is 0 Å². The molecule has 1 aliphatic rings. The Morgan fingerprint density at radius 2 is 1.87 bits per heavy atom. The normalized spacial score (nSPS) is 18.6. The maximum atomic E-state index is 12.9. The maximum Gasteiger partial charge on any atom is 0.228 e. The first kappa shape index (κ1) is 15.7. The zero-order valence-electron chi connectivity index (χ0n) is 13.0. The minimum Gasteiger partial charge on any atom is -0.326 e. The molecule has 1 heterocycles. The lowest BCUT2D eigenvalue weighted by Crippen LogP contribution is -2.40. The fourth-order valence-electron chi connectivity index (χ4n) is 3.03. The Labute approximate surface area is 136 Å². The Kier molecular flexibility index (Phi) is 5.03. The van der Waals surface area contributed by atoms with Crippen LogP contribution in [0.4, 0.5) is 10.1 Å². The van der Waals surface area contributed by atoms with Crippen LogP contribution in [0.1, 0.15) is 18.4 Å². The Bertz CT molecular complexity index is 642. The van der Waals surface area contributed by atoms with Gasteiger partial charge in [-0.3, -0.25) is 9.69 Å². The molecule has 0 spiro atoms. The zero-order valence-corrected chi connectivity index (χ0v) is 13.0. The van der Waals surface area contributed by atoms with Crippen LogP contribution in [-0.2, 0) is 11.3 Å². The van der Waals surface area contributed by atoms with Crippen molar-refractivity contribution in [2.24, 2.45) is 5.92 Å². The quantitative estimate of drug-likeness (QED) is 0.934. The SMILES string of the molecule is O=C(Nc1ccc(F)cc1)[C@@H]1CCCN(Cc2ccccc2)C1. The van der Waals surface area contributed by atoms with Crippen molar-refractivity contribution in [1.82, 2.24) is 4.90 Å². The van der Waals surface area contributed by atoms with Crippen molar-refractivity contribution in [3.63, 3.8) is 0 Å². The summed E-state index contributed by atoms with van der Waals surface area (Å²) < 4.78 is 12.9. The predicted molar refractivity (Wildman–Crippen MR) is 89.5 cm³/mol. The molecule has 0 saturated carbocycles. The lowest BCUT2D eigenvalue weighted by atomic mass is 9.96. The minimum absolute atomic E-state index is 0.0162. The van der Waals surface area contributed by atoms with Gasteiger partial charge in [0.15, 0.2) is 0 Å². The van der Waals surface area contributed by atoms with Crippen LogP contribution in [0, 0.1) is 11.7 Å². The molecule has 4 heteroatoms. The molecule has 1 saturated heterocycles. The second-order valence-electron chi connectivity index (χ2n) is 6.06. The Hall–Kier alpha value is -2.20. The number of amides is 1. The fourth-order valence-corrected chi connectivity index (χ4v) is 3.03. The third-order valence-electron chi connectivity index (χ3n) is 4.24. The molecule has 3 nitrogen and oxygen atoms in total. The van der Waals surface area contributed by atoms with Gasteiger partial charge in [0.2, 0.25) is 5.91 Å². The summed E-state index contributed by atoms with van der Waals surface area (Å²) in [6.45, 7) is 2.66. The van der Waals surface area contributed by atoms with Crippen molar-refractivity contribution >= 4 is 11.6 Å². The van der Waals surface area contributed by atoms with Gasteiger partial charge in [-0.1, -0.05) is 30.3 Å². The number of nitrogens with zero attached hydrogens (tertiary/aromatic N) is 1. The highest BCUT2D eigenvalue weighted by Gasteiger charge is 2.25. The van der Waals surface area contributed by atoms with Gasteiger partial charge in [-0.25, -0.2) is 4.39 Å². The largest absolute Gasteiger partial charge is 0.326 e. The molecule has 1 aliphatic heterocycles. The van der Waals surface area contributed by atoms with E-state index in [0.717, 1.165) is 32.5 Å². The number of hydrogen-bond acceptors (Lipinski definition) is 2. The van der Waals surface area contributed by atoms with Crippen molar-refractivity contribution in [3.05, 3.63) is 66.0 Å². The summed E-state index contributed by atoms with van der Waals surface area (Å²) >= 11 is 0. The Morgan fingerprint density at radius 3 is 2.61 bits per heavy atom. The van der Waals surface area contributed by atoms with E-state index in [1.54, 1.807) is 12.1 Å². The first-order valence-electron chi connectivity index (χ1n) is 8.03. The molecule has 1 N–H and O–H groups in total. The van der Waals surface area contributed by atoms with E-state index in [0.29, 0.717) is 5.69 Å². The lowest BCUT2D eigenvalue weighted by molar-refractivity contribution is -0.121. The van der Waals surface area contributed by atoms with Crippen LogP contribution in [0.5, 0.6) is 0 Å². The van der Waals surface area contributed by atoms with Crippen LogP contribution in [0.3, 0.4) is 0 Å². The molecular weight excluding hydrogens is 291 g/mol. The molecule has 1 fully saturated rings. The standard InChI is InChI=1S/C19H21FN2O/c20-17-8-10-18(11-9-17)21-19(23)16-7-4-12-22(14-16)13-15-5-2-1-3-6-15/h1-3,5-6,8-11,16H,4,7,12-14H2,(H,21,23)/t16-/m1/s1. The van der Waals surface area contributed by atoms with E-state index in [9.17, 15) is 9.18 Å². The molecule has 2 aromatic carbocycles. The summed E-state index contributed by atoms with van der Waals surface area (Å²) in [5, 5.41) is 2.89. The predicted octanol–water partition coefficient (Wildman–Crippen LogP) is 3.68. The molecule has 1 amide bonds. The van der Waals surface area contributed by atoms with Crippen molar-refractivity contribution in [1.29, 1.82) is 0 Å². The third kappa shape index (κ3) is 4.39. The number of benzene rings is 2. The van der Waals surface area contributed by atoms with Crippen molar-refractivity contribution in [2.75, 3.05) is 18.4 Å². The van der Waals surface area contributed by atoms with E-state index in [4.69, 9.17) is 0 Å². The van der Waals surface area contributed by atoms with Gasteiger partial charge >= 0.3 is 0 Å². The molecule has 0 bridgehead atoms. The number of halogens is 1. The first-order valence-corrected chi connectivity index (χ1v) is 8.03. The number of hydrogen-bond donors (Lipinski definition) is 1. The highest BCUT2D eigenvalue weighted by molar-refractivity contribution is 5.92. The first-order chi connectivity index (χ1) is 11.2. The summed E-state index contributed by atoms with van der Waals surface area (Å²) in [6.07, 6.45) is 1.92. The number of carbonyl (C=O) groups excluding carboxylic acids is 1. The number of nitrogens with one attached hydrogen (secondary N) is 1. The smallest absolute Gasteiger partial charge is 0.228 e. The van der Waals surface area contributed by atoms with Crippen LogP contribution >= 0.6 is 0 Å². The molecular formula is C19H21FN2O. The molecule has 3 rings (SSSR count). The lowest BCUT2D eigenvalue weighted by Gasteiger charge is -2.32. The van der Waals surface area contributed by atoms with E-state index in [-0.39, 0.29) is 17.6 Å². The zero-order chi connectivity index (χ0) is 16.1. The fraction of sp³-hybridized carbons (Fsp3) is 0.316. The molecule has 2 aromatic rings. The molecule has 23 heavy (non-hydrogen) atoms. The average Bonchev–Trinajstić information content (AvgIpc) is 2.58. The van der Waals surface area contributed by atoms with Crippen LogP contribution < -0.4 is 5.32 Å². The minimum atomic E-state index is -0.297. The maximum absolute atomic E-state index is 12.9. The van der Waals surface area contributed by atoms with Gasteiger partial charge in [0, 0.05) is 18.8 Å².